The van der Waals surface area contributed by atoms with Gasteiger partial charge in [-0.15, -0.1) is 0 Å². The lowest BCUT2D eigenvalue weighted by atomic mass is 10.2. The van der Waals surface area contributed by atoms with Gasteiger partial charge in [0.15, 0.2) is 0 Å². The van der Waals surface area contributed by atoms with E-state index in [2.05, 4.69) is 10.0 Å². The maximum Gasteiger partial charge on any atom is 0.251 e. The van der Waals surface area contributed by atoms with E-state index in [0.29, 0.717) is 13.2 Å². The number of nitrogens with one attached hydrogen (secondary N) is 2. The van der Waals surface area contributed by atoms with Crippen molar-refractivity contribution in [3.8, 4) is 0 Å². The molecule has 0 fully saturated rings. The molecule has 2 aromatic carbocycles. The third-order valence-corrected chi connectivity index (χ3v) is 5.27. The Kier molecular flexibility index (Phi) is 6.95. The molecule has 2 N–H and O–H groups in total. The van der Waals surface area contributed by atoms with Gasteiger partial charge in [0.1, 0.15) is 4.90 Å². The summed E-state index contributed by atoms with van der Waals surface area (Å²) >= 11 is 6.02. The standard InChI is InChI=1S/C17H19ClN2O4S/c1-24-10-9-19-17(21)14-7-8-15(18)16(11-14)25(22,23)20-12-13-5-3-2-4-6-13/h2-8,11,20H,9-10,12H2,1H3,(H,19,21). The maximum atomic E-state index is 12.5. The van der Waals surface area contributed by atoms with Gasteiger partial charge in [0.05, 0.1) is 11.6 Å². The molecular formula is C17H19ClN2O4S. The summed E-state index contributed by atoms with van der Waals surface area (Å²) in [5.74, 6) is -0.395. The lowest BCUT2D eigenvalue weighted by Crippen LogP contribution is -2.28. The first-order chi connectivity index (χ1) is 11.9. The first kappa shape index (κ1) is 19.4. The predicted octanol–water partition coefficient (Wildman–Crippen LogP) is 2.19. The molecule has 0 saturated heterocycles. The minimum atomic E-state index is -3.86. The van der Waals surface area contributed by atoms with Crippen LogP contribution in [0.1, 0.15) is 15.9 Å². The van der Waals surface area contributed by atoms with Crippen molar-refractivity contribution < 1.29 is 17.9 Å². The number of rotatable bonds is 8. The smallest absolute Gasteiger partial charge is 0.251 e. The van der Waals surface area contributed by atoms with Gasteiger partial charge < -0.3 is 10.1 Å². The van der Waals surface area contributed by atoms with Crippen LogP contribution < -0.4 is 10.0 Å². The van der Waals surface area contributed by atoms with Crippen LogP contribution in [0.3, 0.4) is 0 Å². The predicted molar refractivity (Wildman–Crippen MR) is 96.1 cm³/mol. The number of hydrogen-bond acceptors (Lipinski definition) is 4. The molecule has 0 saturated carbocycles. The van der Waals surface area contributed by atoms with Crippen molar-refractivity contribution in [2.24, 2.45) is 0 Å². The summed E-state index contributed by atoms with van der Waals surface area (Å²) in [7, 11) is -2.33. The number of benzene rings is 2. The van der Waals surface area contributed by atoms with Crippen molar-refractivity contribution in [1.82, 2.24) is 10.0 Å². The summed E-state index contributed by atoms with van der Waals surface area (Å²) in [5, 5.41) is 2.68. The van der Waals surface area contributed by atoms with Crippen molar-refractivity contribution in [2.75, 3.05) is 20.3 Å². The summed E-state index contributed by atoms with van der Waals surface area (Å²) in [5.41, 5.74) is 1.02. The van der Waals surface area contributed by atoms with E-state index in [0.717, 1.165) is 5.56 Å². The molecule has 0 atom stereocenters. The third-order valence-electron chi connectivity index (χ3n) is 3.38. The zero-order valence-electron chi connectivity index (χ0n) is 13.7. The molecule has 0 aliphatic carbocycles. The summed E-state index contributed by atoms with van der Waals surface area (Å²) in [4.78, 5) is 11.9. The van der Waals surface area contributed by atoms with Crippen molar-refractivity contribution in [1.29, 1.82) is 0 Å². The average molecular weight is 383 g/mol. The average Bonchev–Trinajstić information content (AvgIpc) is 2.61. The summed E-state index contributed by atoms with van der Waals surface area (Å²) in [6, 6.07) is 13.2. The topological polar surface area (TPSA) is 84.5 Å². The Hall–Kier alpha value is -1.93. The zero-order valence-corrected chi connectivity index (χ0v) is 15.2. The Morgan fingerprint density at radius 3 is 2.56 bits per heavy atom. The van der Waals surface area contributed by atoms with Crippen LogP contribution in [0.4, 0.5) is 0 Å². The van der Waals surface area contributed by atoms with Gasteiger partial charge in [0, 0.05) is 25.8 Å². The molecule has 0 bridgehead atoms. The molecule has 6 nitrogen and oxygen atoms in total. The zero-order chi connectivity index (χ0) is 18.3. The third kappa shape index (κ3) is 5.54. The van der Waals surface area contributed by atoms with E-state index >= 15 is 0 Å². The van der Waals surface area contributed by atoms with Crippen LogP contribution in [0.2, 0.25) is 5.02 Å². The highest BCUT2D eigenvalue weighted by molar-refractivity contribution is 7.89. The second-order valence-corrected chi connectivity index (χ2v) is 7.35. The lowest BCUT2D eigenvalue weighted by molar-refractivity contribution is 0.0937. The Labute approximate surface area is 152 Å². The van der Waals surface area contributed by atoms with E-state index in [1.165, 1.54) is 25.3 Å². The normalized spacial score (nSPS) is 11.3. The number of carbonyl (C=O) groups is 1. The number of carbonyl (C=O) groups excluding carboxylic acids is 1. The van der Waals surface area contributed by atoms with E-state index < -0.39 is 15.9 Å². The van der Waals surface area contributed by atoms with Gasteiger partial charge >= 0.3 is 0 Å². The fraction of sp³-hybridized carbons (Fsp3) is 0.235. The van der Waals surface area contributed by atoms with Gasteiger partial charge in [-0.3, -0.25) is 4.79 Å². The van der Waals surface area contributed by atoms with Crippen molar-refractivity contribution in [3.05, 3.63) is 64.7 Å². The molecule has 0 spiro atoms. The van der Waals surface area contributed by atoms with E-state index in [1.54, 1.807) is 0 Å². The summed E-state index contributed by atoms with van der Waals surface area (Å²) in [6.45, 7) is 0.819. The fourth-order valence-corrected chi connectivity index (χ4v) is 3.61. The molecule has 2 rings (SSSR count). The van der Waals surface area contributed by atoms with Crippen LogP contribution in [-0.4, -0.2) is 34.6 Å². The second-order valence-electron chi connectivity index (χ2n) is 5.20. The Bertz CT molecular complexity index is 826. The van der Waals surface area contributed by atoms with Crippen molar-refractivity contribution in [3.63, 3.8) is 0 Å². The highest BCUT2D eigenvalue weighted by Crippen LogP contribution is 2.23. The molecule has 0 heterocycles. The molecule has 134 valence electrons. The quantitative estimate of drug-likeness (QED) is 0.685. The molecule has 0 aliphatic heterocycles. The first-order valence-electron chi connectivity index (χ1n) is 7.54. The van der Waals surface area contributed by atoms with Crippen LogP contribution in [0.5, 0.6) is 0 Å². The summed E-state index contributed by atoms with van der Waals surface area (Å²) in [6.07, 6.45) is 0. The Morgan fingerprint density at radius 2 is 1.88 bits per heavy atom. The number of halogens is 1. The van der Waals surface area contributed by atoms with Crippen LogP contribution in [-0.2, 0) is 21.3 Å². The summed E-state index contributed by atoms with van der Waals surface area (Å²) < 4.78 is 32.4. The van der Waals surface area contributed by atoms with Gasteiger partial charge in [-0.05, 0) is 23.8 Å². The number of hydrogen-bond donors (Lipinski definition) is 2. The molecular weight excluding hydrogens is 364 g/mol. The second kappa shape index (κ2) is 8.96. The molecule has 0 unspecified atom stereocenters. The van der Waals surface area contributed by atoms with Gasteiger partial charge in [-0.25, -0.2) is 13.1 Å². The Balaban J connectivity index is 2.16. The molecule has 2 aromatic rings. The number of ether oxygens (including phenoxy) is 1. The van der Waals surface area contributed by atoms with Crippen molar-refractivity contribution >= 4 is 27.5 Å². The van der Waals surface area contributed by atoms with Gasteiger partial charge in [-0.1, -0.05) is 41.9 Å². The SMILES string of the molecule is COCCNC(=O)c1ccc(Cl)c(S(=O)(=O)NCc2ccccc2)c1. The molecule has 0 aromatic heterocycles. The fourth-order valence-electron chi connectivity index (χ4n) is 2.07. The van der Waals surface area contributed by atoms with E-state index in [4.69, 9.17) is 16.3 Å². The van der Waals surface area contributed by atoms with Crippen LogP contribution in [0.25, 0.3) is 0 Å². The van der Waals surface area contributed by atoms with Crippen LogP contribution >= 0.6 is 11.6 Å². The largest absolute Gasteiger partial charge is 0.383 e. The van der Waals surface area contributed by atoms with Crippen LogP contribution in [0, 0.1) is 0 Å². The minimum Gasteiger partial charge on any atom is -0.383 e. The van der Waals surface area contributed by atoms with Crippen LogP contribution in [0.15, 0.2) is 53.4 Å². The maximum absolute atomic E-state index is 12.5. The molecule has 25 heavy (non-hydrogen) atoms. The molecule has 1 amide bonds. The van der Waals surface area contributed by atoms with Gasteiger partial charge in [-0.2, -0.15) is 0 Å². The van der Waals surface area contributed by atoms with E-state index in [9.17, 15) is 13.2 Å². The monoisotopic (exact) mass is 382 g/mol. The highest BCUT2D eigenvalue weighted by atomic mass is 35.5. The van der Waals surface area contributed by atoms with E-state index in [1.807, 2.05) is 30.3 Å². The highest BCUT2D eigenvalue weighted by Gasteiger charge is 2.20. The first-order valence-corrected chi connectivity index (χ1v) is 9.40. The van der Waals surface area contributed by atoms with E-state index in [-0.39, 0.29) is 22.0 Å². The minimum absolute atomic E-state index is 0.0500. The lowest BCUT2D eigenvalue weighted by Gasteiger charge is -2.11. The Morgan fingerprint density at radius 1 is 1.16 bits per heavy atom. The number of methoxy groups -OCH3 is 1. The number of amides is 1. The van der Waals surface area contributed by atoms with Gasteiger partial charge in [0.2, 0.25) is 10.0 Å². The molecule has 0 radical (unpaired) electrons. The number of sulfonamides is 1. The van der Waals surface area contributed by atoms with Gasteiger partial charge in [0.25, 0.3) is 5.91 Å². The molecule has 0 aliphatic rings. The molecule has 8 heteroatoms. The van der Waals surface area contributed by atoms with Crippen molar-refractivity contribution in [2.45, 2.75) is 11.4 Å².